The monoisotopic (exact) mass is 270 g/mol. The summed E-state index contributed by atoms with van der Waals surface area (Å²) in [5.74, 6) is 0.244. The van der Waals surface area contributed by atoms with Gasteiger partial charge in [-0.15, -0.1) is 0 Å². The Morgan fingerprint density at radius 2 is 2.11 bits per heavy atom. The average molecular weight is 270 g/mol. The van der Waals surface area contributed by atoms with E-state index in [1.165, 1.54) is 6.42 Å². The minimum atomic E-state index is 0.244. The molecule has 1 amide bonds. The number of nitrogens with two attached hydrogens (primary N) is 1. The van der Waals surface area contributed by atoms with Crippen molar-refractivity contribution in [2.24, 2.45) is 5.73 Å². The highest BCUT2D eigenvalue weighted by Gasteiger charge is 2.22. The molecule has 1 unspecified atom stereocenters. The molecule has 19 heavy (non-hydrogen) atoms. The third kappa shape index (κ3) is 5.49. The predicted octanol–water partition coefficient (Wildman–Crippen LogP) is 2.31. The summed E-state index contributed by atoms with van der Waals surface area (Å²) in [4.78, 5) is 14.3. The van der Waals surface area contributed by atoms with E-state index in [4.69, 9.17) is 10.5 Å². The standard InChI is InChI=1S/C15H30N2O2/c1-3-13(4-2)17(11-10-16)15(18)9-8-14-7-5-6-12-19-14/h13-14H,3-12,16H2,1-2H3. The van der Waals surface area contributed by atoms with E-state index in [-0.39, 0.29) is 5.91 Å². The van der Waals surface area contributed by atoms with Crippen LogP contribution in [0.5, 0.6) is 0 Å². The first-order valence-corrected chi connectivity index (χ1v) is 7.84. The highest BCUT2D eigenvalue weighted by atomic mass is 16.5. The molecule has 0 spiro atoms. The summed E-state index contributed by atoms with van der Waals surface area (Å²) in [5, 5.41) is 0. The Balaban J connectivity index is 2.41. The van der Waals surface area contributed by atoms with Crippen LogP contribution in [-0.2, 0) is 9.53 Å². The Hall–Kier alpha value is -0.610. The van der Waals surface area contributed by atoms with E-state index in [9.17, 15) is 4.79 Å². The molecule has 0 aromatic carbocycles. The first-order valence-electron chi connectivity index (χ1n) is 7.84. The molecule has 0 aromatic heterocycles. The van der Waals surface area contributed by atoms with Gasteiger partial charge in [0, 0.05) is 32.2 Å². The smallest absolute Gasteiger partial charge is 0.222 e. The largest absolute Gasteiger partial charge is 0.378 e. The van der Waals surface area contributed by atoms with Gasteiger partial charge in [0.2, 0.25) is 5.91 Å². The van der Waals surface area contributed by atoms with Gasteiger partial charge >= 0.3 is 0 Å². The van der Waals surface area contributed by atoms with E-state index in [0.29, 0.717) is 31.7 Å². The summed E-state index contributed by atoms with van der Waals surface area (Å²) >= 11 is 0. The third-order valence-corrected chi connectivity index (χ3v) is 4.03. The van der Waals surface area contributed by atoms with Crippen molar-refractivity contribution in [1.82, 2.24) is 4.90 Å². The summed E-state index contributed by atoms with van der Waals surface area (Å²) in [5.41, 5.74) is 5.63. The van der Waals surface area contributed by atoms with Crippen molar-refractivity contribution in [3.05, 3.63) is 0 Å². The second kappa shape index (κ2) is 9.32. The summed E-state index contributed by atoms with van der Waals surface area (Å²) in [6, 6.07) is 0.336. The van der Waals surface area contributed by atoms with Crippen molar-refractivity contribution >= 4 is 5.91 Å². The van der Waals surface area contributed by atoms with E-state index in [1.807, 2.05) is 4.90 Å². The summed E-state index contributed by atoms with van der Waals surface area (Å²) in [7, 11) is 0. The highest BCUT2D eigenvalue weighted by molar-refractivity contribution is 5.76. The molecule has 1 heterocycles. The quantitative estimate of drug-likeness (QED) is 0.736. The normalized spacial score (nSPS) is 19.7. The van der Waals surface area contributed by atoms with Crippen LogP contribution in [0.2, 0.25) is 0 Å². The van der Waals surface area contributed by atoms with Gasteiger partial charge in [-0.2, -0.15) is 0 Å². The lowest BCUT2D eigenvalue weighted by atomic mass is 10.0. The van der Waals surface area contributed by atoms with Crippen molar-refractivity contribution < 1.29 is 9.53 Å². The fraction of sp³-hybridized carbons (Fsp3) is 0.933. The first kappa shape index (κ1) is 16.4. The molecule has 1 fully saturated rings. The van der Waals surface area contributed by atoms with Crippen molar-refractivity contribution in [1.29, 1.82) is 0 Å². The Morgan fingerprint density at radius 3 is 2.63 bits per heavy atom. The Kier molecular flexibility index (Phi) is 8.07. The fourth-order valence-corrected chi connectivity index (χ4v) is 2.84. The molecule has 0 saturated carbocycles. The minimum Gasteiger partial charge on any atom is -0.378 e. The Morgan fingerprint density at radius 1 is 1.37 bits per heavy atom. The van der Waals surface area contributed by atoms with Crippen LogP contribution >= 0.6 is 0 Å². The van der Waals surface area contributed by atoms with Crippen LogP contribution in [0.1, 0.15) is 58.8 Å². The van der Waals surface area contributed by atoms with E-state index < -0.39 is 0 Å². The van der Waals surface area contributed by atoms with Crippen molar-refractivity contribution in [3.63, 3.8) is 0 Å². The number of carbonyl (C=O) groups excluding carboxylic acids is 1. The van der Waals surface area contributed by atoms with Gasteiger partial charge in [0.1, 0.15) is 0 Å². The number of amides is 1. The zero-order chi connectivity index (χ0) is 14.1. The lowest BCUT2D eigenvalue weighted by Crippen LogP contribution is -2.43. The fourth-order valence-electron chi connectivity index (χ4n) is 2.84. The number of ether oxygens (including phenoxy) is 1. The molecule has 1 aliphatic rings. The zero-order valence-corrected chi connectivity index (χ0v) is 12.6. The minimum absolute atomic E-state index is 0.244. The molecule has 0 bridgehead atoms. The molecular weight excluding hydrogens is 240 g/mol. The number of hydrogen-bond acceptors (Lipinski definition) is 3. The second-order valence-electron chi connectivity index (χ2n) is 5.37. The predicted molar refractivity (Wildman–Crippen MR) is 78.0 cm³/mol. The summed E-state index contributed by atoms with van der Waals surface area (Å²) < 4.78 is 5.69. The molecule has 0 radical (unpaired) electrons. The van der Waals surface area contributed by atoms with Gasteiger partial charge < -0.3 is 15.4 Å². The van der Waals surface area contributed by atoms with Gasteiger partial charge in [0.25, 0.3) is 0 Å². The Labute approximate surface area is 117 Å². The number of hydrogen-bond donors (Lipinski definition) is 1. The number of nitrogens with zero attached hydrogens (tertiary/aromatic N) is 1. The van der Waals surface area contributed by atoms with E-state index in [1.54, 1.807) is 0 Å². The molecule has 4 heteroatoms. The van der Waals surface area contributed by atoms with E-state index in [2.05, 4.69) is 13.8 Å². The van der Waals surface area contributed by atoms with Gasteiger partial charge in [0.15, 0.2) is 0 Å². The summed E-state index contributed by atoms with van der Waals surface area (Å²) in [6.07, 6.45) is 7.26. The third-order valence-electron chi connectivity index (χ3n) is 4.03. The van der Waals surface area contributed by atoms with Gasteiger partial charge in [0.05, 0.1) is 6.10 Å². The van der Waals surface area contributed by atoms with Crippen molar-refractivity contribution in [2.75, 3.05) is 19.7 Å². The van der Waals surface area contributed by atoms with E-state index >= 15 is 0 Å². The molecule has 4 nitrogen and oxygen atoms in total. The number of carbonyl (C=O) groups is 1. The van der Waals surface area contributed by atoms with Crippen LogP contribution < -0.4 is 5.73 Å². The molecule has 0 aliphatic carbocycles. The highest BCUT2D eigenvalue weighted by Crippen LogP contribution is 2.18. The average Bonchev–Trinajstić information content (AvgIpc) is 2.46. The zero-order valence-electron chi connectivity index (χ0n) is 12.6. The number of rotatable bonds is 8. The molecule has 0 aromatic rings. The van der Waals surface area contributed by atoms with Crippen molar-refractivity contribution in [3.8, 4) is 0 Å². The molecule has 1 aliphatic heterocycles. The molecule has 1 rings (SSSR count). The van der Waals surface area contributed by atoms with Crippen LogP contribution in [0.3, 0.4) is 0 Å². The van der Waals surface area contributed by atoms with Gasteiger partial charge in [-0.1, -0.05) is 13.8 Å². The first-order chi connectivity index (χ1) is 9.22. The molecular formula is C15H30N2O2. The molecule has 1 saturated heterocycles. The SMILES string of the molecule is CCC(CC)N(CCN)C(=O)CCC1CCCCO1. The molecule has 1 atom stereocenters. The van der Waals surface area contributed by atoms with Crippen LogP contribution in [0.4, 0.5) is 0 Å². The topological polar surface area (TPSA) is 55.6 Å². The Bertz CT molecular complexity index is 249. The lowest BCUT2D eigenvalue weighted by Gasteiger charge is -2.31. The van der Waals surface area contributed by atoms with Gasteiger partial charge in [-0.25, -0.2) is 0 Å². The maximum Gasteiger partial charge on any atom is 0.222 e. The van der Waals surface area contributed by atoms with Crippen LogP contribution in [-0.4, -0.2) is 42.6 Å². The van der Waals surface area contributed by atoms with Gasteiger partial charge in [-0.05, 0) is 38.5 Å². The second-order valence-corrected chi connectivity index (χ2v) is 5.37. The maximum atomic E-state index is 12.3. The van der Waals surface area contributed by atoms with E-state index in [0.717, 1.165) is 38.7 Å². The van der Waals surface area contributed by atoms with Gasteiger partial charge in [-0.3, -0.25) is 4.79 Å². The molecule has 2 N–H and O–H groups in total. The summed E-state index contributed by atoms with van der Waals surface area (Å²) in [6.45, 7) is 6.35. The van der Waals surface area contributed by atoms with Crippen LogP contribution in [0.25, 0.3) is 0 Å². The maximum absolute atomic E-state index is 12.3. The van der Waals surface area contributed by atoms with Crippen LogP contribution in [0, 0.1) is 0 Å². The van der Waals surface area contributed by atoms with Crippen LogP contribution in [0.15, 0.2) is 0 Å². The van der Waals surface area contributed by atoms with Crippen molar-refractivity contribution in [2.45, 2.75) is 70.9 Å². The lowest BCUT2D eigenvalue weighted by molar-refractivity contribution is -0.134. The molecule has 112 valence electrons.